The van der Waals surface area contributed by atoms with Gasteiger partial charge in [0, 0.05) is 20.1 Å². The summed E-state index contributed by atoms with van der Waals surface area (Å²) in [6, 6.07) is 15.1. The molecule has 0 aliphatic rings. The Bertz CT molecular complexity index is 882. The molecule has 0 unspecified atom stereocenters. The number of guanidine groups is 1. The second-order valence-electron chi connectivity index (χ2n) is 6.11. The second-order valence-corrected chi connectivity index (χ2v) is 6.11. The van der Waals surface area contributed by atoms with Gasteiger partial charge in [0.2, 0.25) is 0 Å². The van der Waals surface area contributed by atoms with Crippen LogP contribution in [0.3, 0.4) is 0 Å². The minimum absolute atomic E-state index is 0. The van der Waals surface area contributed by atoms with E-state index in [2.05, 4.69) is 43.9 Å². The van der Waals surface area contributed by atoms with Crippen LogP contribution < -0.4 is 10.6 Å². The maximum absolute atomic E-state index is 13.7. The summed E-state index contributed by atoms with van der Waals surface area (Å²) in [7, 11) is 1.72. The average molecular weight is 494 g/mol. The Hall–Kier alpha value is -2.49. The third-order valence-electron chi connectivity index (χ3n) is 4.13. The Balaban J connectivity index is 0.00000280. The van der Waals surface area contributed by atoms with Crippen LogP contribution in [-0.4, -0.2) is 34.3 Å². The van der Waals surface area contributed by atoms with Gasteiger partial charge in [0.1, 0.15) is 18.5 Å². The number of benzene rings is 2. The third-order valence-corrected chi connectivity index (χ3v) is 4.13. The summed E-state index contributed by atoms with van der Waals surface area (Å²) in [4.78, 5) is 8.18. The molecule has 2 aromatic carbocycles. The number of aromatic nitrogens is 3. The standard InChI is InChI=1S/C20H23FN6.HI/c1-22-20(24-10-9-18-7-2-3-8-19(18)21)25-12-16-5-4-6-17(11-16)13-27-15-23-14-26-27;/h2-8,11,14-15H,9-10,12-13H2,1H3,(H2,22,24,25);1H. The Morgan fingerprint density at radius 2 is 1.93 bits per heavy atom. The predicted octanol–water partition coefficient (Wildman–Crippen LogP) is 2.99. The van der Waals surface area contributed by atoms with Crippen LogP contribution in [-0.2, 0) is 19.5 Å². The van der Waals surface area contributed by atoms with Crippen molar-refractivity contribution < 1.29 is 4.39 Å². The molecular weight excluding hydrogens is 470 g/mol. The first-order chi connectivity index (χ1) is 13.2. The van der Waals surface area contributed by atoms with E-state index in [0.29, 0.717) is 37.6 Å². The minimum atomic E-state index is -0.175. The van der Waals surface area contributed by atoms with Gasteiger partial charge in [-0.25, -0.2) is 14.1 Å². The highest BCUT2D eigenvalue weighted by atomic mass is 127. The van der Waals surface area contributed by atoms with Gasteiger partial charge in [0.05, 0.1) is 6.54 Å². The van der Waals surface area contributed by atoms with E-state index in [1.54, 1.807) is 30.2 Å². The molecule has 0 fully saturated rings. The first kappa shape index (κ1) is 21.8. The van der Waals surface area contributed by atoms with Gasteiger partial charge in [-0.3, -0.25) is 4.99 Å². The molecule has 0 amide bonds. The van der Waals surface area contributed by atoms with Crippen molar-refractivity contribution in [2.45, 2.75) is 19.5 Å². The molecule has 0 saturated heterocycles. The van der Waals surface area contributed by atoms with Crippen molar-refractivity contribution in [1.29, 1.82) is 0 Å². The van der Waals surface area contributed by atoms with Gasteiger partial charge in [0.25, 0.3) is 0 Å². The quantitative estimate of drug-likeness (QED) is 0.301. The largest absolute Gasteiger partial charge is 0.356 e. The summed E-state index contributed by atoms with van der Waals surface area (Å²) >= 11 is 0. The van der Waals surface area contributed by atoms with Crippen LogP contribution in [0.5, 0.6) is 0 Å². The normalized spacial score (nSPS) is 11.0. The van der Waals surface area contributed by atoms with E-state index < -0.39 is 0 Å². The summed E-state index contributed by atoms with van der Waals surface area (Å²) in [6.45, 7) is 1.93. The van der Waals surface area contributed by atoms with E-state index in [-0.39, 0.29) is 29.8 Å². The van der Waals surface area contributed by atoms with E-state index in [4.69, 9.17) is 0 Å². The van der Waals surface area contributed by atoms with E-state index in [1.165, 1.54) is 12.4 Å². The number of aliphatic imine (C=N–C) groups is 1. The van der Waals surface area contributed by atoms with Gasteiger partial charge >= 0.3 is 0 Å². The Kier molecular flexibility index (Phi) is 8.86. The van der Waals surface area contributed by atoms with E-state index in [0.717, 1.165) is 11.1 Å². The molecule has 0 radical (unpaired) electrons. The summed E-state index contributed by atoms with van der Waals surface area (Å²) in [6.07, 6.45) is 3.83. The van der Waals surface area contributed by atoms with Crippen molar-refractivity contribution in [2.24, 2.45) is 4.99 Å². The highest BCUT2D eigenvalue weighted by Crippen LogP contribution is 2.07. The number of hydrogen-bond donors (Lipinski definition) is 2. The van der Waals surface area contributed by atoms with Gasteiger partial charge in [-0.15, -0.1) is 24.0 Å². The van der Waals surface area contributed by atoms with Crippen molar-refractivity contribution in [3.8, 4) is 0 Å². The summed E-state index contributed by atoms with van der Waals surface area (Å²) < 4.78 is 15.4. The maximum Gasteiger partial charge on any atom is 0.191 e. The minimum Gasteiger partial charge on any atom is -0.356 e. The summed E-state index contributed by atoms with van der Waals surface area (Å²) in [5.41, 5.74) is 2.99. The van der Waals surface area contributed by atoms with Crippen LogP contribution in [0.2, 0.25) is 0 Å². The molecule has 148 valence electrons. The fraction of sp³-hybridized carbons (Fsp3) is 0.250. The second kappa shape index (κ2) is 11.4. The molecule has 0 atom stereocenters. The molecule has 0 bridgehead atoms. The molecule has 6 nitrogen and oxygen atoms in total. The zero-order valence-electron chi connectivity index (χ0n) is 15.7. The predicted molar refractivity (Wildman–Crippen MR) is 119 cm³/mol. The zero-order valence-corrected chi connectivity index (χ0v) is 18.0. The number of rotatable bonds is 7. The third kappa shape index (κ3) is 6.59. The average Bonchev–Trinajstić information content (AvgIpc) is 3.19. The summed E-state index contributed by atoms with van der Waals surface area (Å²) in [5.74, 6) is 0.513. The molecule has 0 spiro atoms. The van der Waals surface area contributed by atoms with Crippen LogP contribution in [0.25, 0.3) is 0 Å². The molecule has 1 aromatic heterocycles. The lowest BCUT2D eigenvalue weighted by Gasteiger charge is -2.13. The number of halogens is 2. The Morgan fingerprint density at radius 1 is 1.11 bits per heavy atom. The van der Waals surface area contributed by atoms with Gasteiger partial charge < -0.3 is 10.6 Å². The van der Waals surface area contributed by atoms with Crippen molar-refractivity contribution in [3.05, 3.63) is 83.7 Å². The molecule has 3 aromatic rings. The Labute approximate surface area is 181 Å². The Morgan fingerprint density at radius 3 is 2.68 bits per heavy atom. The number of hydrogen-bond acceptors (Lipinski definition) is 3. The van der Waals surface area contributed by atoms with Gasteiger partial charge in [0.15, 0.2) is 5.96 Å². The van der Waals surface area contributed by atoms with Crippen molar-refractivity contribution in [3.63, 3.8) is 0 Å². The fourth-order valence-corrected chi connectivity index (χ4v) is 2.76. The van der Waals surface area contributed by atoms with Crippen LogP contribution in [0, 0.1) is 5.82 Å². The van der Waals surface area contributed by atoms with E-state index >= 15 is 0 Å². The lowest BCUT2D eigenvalue weighted by atomic mass is 10.1. The SMILES string of the molecule is CN=C(NCCc1ccccc1F)NCc1cccc(Cn2cncn2)c1.I. The first-order valence-electron chi connectivity index (χ1n) is 8.83. The van der Waals surface area contributed by atoms with Crippen LogP contribution in [0.1, 0.15) is 16.7 Å². The van der Waals surface area contributed by atoms with Crippen molar-refractivity contribution in [1.82, 2.24) is 25.4 Å². The van der Waals surface area contributed by atoms with Crippen molar-refractivity contribution >= 4 is 29.9 Å². The molecule has 0 saturated carbocycles. The molecule has 8 heteroatoms. The van der Waals surface area contributed by atoms with E-state index in [1.807, 2.05) is 12.1 Å². The maximum atomic E-state index is 13.7. The smallest absolute Gasteiger partial charge is 0.191 e. The van der Waals surface area contributed by atoms with Crippen LogP contribution in [0.15, 0.2) is 66.2 Å². The molecule has 1 heterocycles. The van der Waals surface area contributed by atoms with E-state index in [9.17, 15) is 4.39 Å². The molecule has 3 rings (SSSR count). The molecule has 0 aliphatic heterocycles. The first-order valence-corrected chi connectivity index (χ1v) is 8.83. The molecule has 28 heavy (non-hydrogen) atoms. The molecule has 0 aliphatic carbocycles. The monoisotopic (exact) mass is 494 g/mol. The highest BCUT2D eigenvalue weighted by molar-refractivity contribution is 14.0. The van der Waals surface area contributed by atoms with Crippen molar-refractivity contribution in [2.75, 3.05) is 13.6 Å². The van der Waals surface area contributed by atoms with Crippen LogP contribution >= 0.6 is 24.0 Å². The van der Waals surface area contributed by atoms with Gasteiger partial charge in [-0.1, -0.05) is 42.5 Å². The highest BCUT2D eigenvalue weighted by Gasteiger charge is 2.03. The van der Waals surface area contributed by atoms with Gasteiger partial charge in [-0.2, -0.15) is 5.10 Å². The van der Waals surface area contributed by atoms with Crippen LogP contribution in [0.4, 0.5) is 4.39 Å². The number of nitrogens with zero attached hydrogens (tertiary/aromatic N) is 4. The topological polar surface area (TPSA) is 67.1 Å². The fourth-order valence-electron chi connectivity index (χ4n) is 2.76. The lowest BCUT2D eigenvalue weighted by Crippen LogP contribution is -2.37. The van der Waals surface area contributed by atoms with Gasteiger partial charge in [-0.05, 0) is 29.2 Å². The number of nitrogens with one attached hydrogen (secondary N) is 2. The zero-order chi connectivity index (χ0) is 18.9. The lowest BCUT2D eigenvalue weighted by molar-refractivity contribution is 0.606. The molecule has 2 N–H and O–H groups in total. The summed E-state index contributed by atoms with van der Waals surface area (Å²) in [5, 5.41) is 10.6. The molecular formula is C20H24FIN6.